The molecule has 0 spiro atoms. The van der Waals surface area contributed by atoms with Crippen LogP contribution < -0.4 is 16.0 Å². The Hall–Kier alpha value is -3.39. The van der Waals surface area contributed by atoms with Gasteiger partial charge in [-0.3, -0.25) is 9.59 Å². The van der Waals surface area contributed by atoms with Gasteiger partial charge in [-0.2, -0.15) is 0 Å². The number of aliphatic hydroxyl groups excluding tert-OH is 1. The molecule has 0 aliphatic carbocycles. The van der Waals surface area contributed by atoms with E-state index in [1.54, 1.807) is 0 Å². The fraction of sp³-hybridized carbons (Fsp3) is 0.444. The molecule has 0 aliphatic heterocycles. The first-order valence-electron chi connectivity index (χ1n) is 11.9. The molecule has 190 valence electrons. The highest BCUT2D eigenvalue weighted by atomic mass is 16.5. The second kappa shape index (κ2) is 14.1. The van der Waals surface area contributed by atoms with Crippen LogP contribution in [0.25, 0.3) is 0 Å². The molecular weight excluding hydrogens is 446 g/mol. The van der Waals surface area contributed by atoms with Gasteiger partial charge < -0.3 is 25.8 Å². The van der Waals surface area contributed by atoms with Gasteiger partial charge in [-0.25, -0.2) is 4.79 Å². The SMILES string of the molecule is CC(C)Cc1ccc(C(C)C(=O)NCC(O)CNC(=O)[C@H](C)NC(=O)OCc2ccccc2)cc1. The maximum atomic E-state index is 12.5. The van der Waals surface area contributed by atoms with E-state index in [0.29, 0.717) is 5.92 Å². The van der Waals surface area contributed by atoms with Crippen LogP contribution in [-0.2, 0) is 27.4 Å². The number of hydrogen-bond acceptors (Lipinski definition) is 5. The van der Waals surface area contributed by atoms with Crippen molar-refractivity contribution in [3.63, 3.8) is 0 Å². The smallest absolute Gasteiger partial charge is 0.408 e. The maximum absolute atomic E-state index is 12.5. The zero-order chi connectivity index (χ0) is 25.8. The molecular formula is C27H37N3O5. The van der Waals surface area contributed by atoms with E-state index in [9.17, 15) is 19.5 Å². The molecule has 4 N–H and O–H groups in total. The van der Waals surface area contributed by atoms with Crippen LogP contribution in [0.2, 0.25) is 0 Å². The van der Waals surface area contributed by atoms with Crippen LogP contribution in [0.15, 0.2) is 54.6 Å². The standard InChI is InChI=1S/C27H37N3O5/c1-18(2)14-21-10-12-23(13-11-21)19(3)25(32)28-15-24(31)16-29-26(33)20(4)30-27(34)35-17-22-8-6-5-7-9-22/h5-13,18-20,24,31H,14-17H2,1-4H3,(H,28,32)(H,29,33)(H,30,34)/t19?,20-,24?/m0/s1. The molecule has 0 bridgehead atoms. The summed E-state index contributed by atoms with van der Waals surface area (Å²) in [5.74, 6) is -0.475. The Labute approximate surface area is 207 Å². The number of ether oxygens (including phenoxy) is 1. The molecule has 2 unspecified atom stereocenters. The van der Waals surface area contributed by atoms with Crippen molar-refractivity contribution in [1.82, 2.24) is 16.0 Å². The van der Waals surface area contributed by atoms with Gasteiger partial charge in [-0.1, -0.05) is 68.4 Å². The second-order valence-corrected chi connectivity index (χ2v) is 9.13. The molecule has 35 heavy (non-hydrogen) atoms. The summed E-state index contributed by atoms with van der Waals surface area (Å²) in [5, 5.41) is 17.9. The summed E-state index contributed by atoms with van der Waals surface area (Å²) >= 11 is 0. The van der Waals surface area contributed by atoms with Crippen molar-refractivity contribution in [2.45, 2.75) is 58.8 Å². The monoisotopic (exact) mass is 483 g/mol. The molecule has 0 saturated heterocycles. The van der Waals surface area contributed by atoms with E-state index in [0.717, 1.165) is 17.5 Å². The van der Waals surface area contributed by atoms with Gasteiger partial charge in [0.05, 0.1) is 12.0 Å². The third-order valence-corrected chi connectivity index (χ3v) is 5.48. The molecule has 3 atom stereocenters. The molecule has 0 heterocycles. The summed E-state index contributed by atoms with van der Waals surface area (Å²) in [7, 11) is 0. The summed E-state index contributed by atoms with van der Waals surface area (Å²) in [6.45, 7) is 7.68. The molecule has 3 amide bonds. The van der Waals surface area contributed by atoms with E-state index in [1.165, 1.54) is 12.5 Å². The van der Waals surface area contributed by atoms with E-state index < -0.39 is 24.1 Å². The number of alkyl carbamates (subject to hydrolysis) is 1. The Morgan fingerprint density at radius 1 is 0.829 bits per heavy atom. The minimum absolute atomic E-state index is 0.00415. The number of nitrogens with one attached hydrogen (secondary N) is 3. The van der Waals surface area contributed by atoms with Crippen molar-refractivity contribution >= 4 is 17.9 Å². The predicted octanol–water partition coefficient (Wildman–Crippen LogP) is 2.90. The Morgan fingerprint density at radius 2 is 1.43 bits per heavy atom. The molecule has 0 radical (unpaired) electrons. The zero-order valence-electron chi connectivity index (χ0n) is 20.9. The lowest BCUT2D eigenvalue weighted by atomic mass is 9.96. The lowest BCUT2D eigenvalue weighted by Gasteiger charge is -2.18. The first-order chi connectivity index (χ1) is 16.7. The van der Waals surface area contributed by atoms with Crippen LogP contribution >= 0.6 is 0 Å². The van der Waals surface area contributed by atoms with Crippen molar-refractivity contribution < 1.29 is 24.2 Å². The maximum Gasteiger partial charge on any atom is 0.408 e. The Morgan fingerprint density at radius 3 is 2.03 bits per heavy atom. The fourth-order valence-corrected chi connectivity index (χ4v) is 3.39. The Kier molecular flexibility index (Phi) is 11.2. The number of carbonyl (C=O) groups excluding carboxylic acids is 3. The van der Waals surface area contributed by atoms with E-state index >= 15 is 0 Å². The van der Waals surface area contributed by atoms with Gasteiger partial charge in [0, 0.05) is 13.1 Å². The minimum Gasteiger partial charge on any atom is -0.445 e. The summed E-state index contributed by atoms with van der Waals surface area (Å²) in [4.78, 5) is 36.6. The zero-order valence-corrected chi connectivity index (χ0v) is 20.9. The van der Waals surface area contributed by atoms with Crippen LogP contribution in [0.1, 0.15) is 50.3 Å². The molecule has 0 aliphatic rings. The van der Waals surface area contributed by atoms with Gasteiger partial charge in [0.15, 0.2) is 0 Å². The van der Waals surface area contributed by atoms with Gasteiger partial charge >= 0.3 is 6.09 Å². The topological polar surface area (TPSA) is 117 Å². The average Bonchev–Trinajstić information content (AvgIpc) is 2.84. The quantitative estimate of drug-likeness (QED) is 0.370. The highest BCUT2D eigenvalue weighted by Crippen LogP contribution is 2.17. The number of amides is 3. The Balaban J connectivity index is 1.67. The summed E-state index contributed by atoms with van der Waals surface area (Å²) < 4.78 is 5.09. The van der Waals surface area contributed by atoms with Crippen molar-refractivity contribution in [1.29, 1.82) is 0 Å². The summed E-state index contributed by atoms with van der Waals surface area (Å²) in [5.41, 5.74) is 2.97. The minimum atomic E-state index is -0.972. The second-order valence-electron chi connectivity index (χ2n) is 9.13. The highest BCUT2D eigenvalue weighted by molar-refractivity contribution is 5.85. The molecule has 0 aromatic heterocycles. The molecule has 2 rings (SSSR count). The van der Waals surface area contributed by atoms with E-state index in [-0.39, 0.29) is 31.5 Å². The molecule has 8 nitrogen and oxygen atoms in total. The van der Waals surface area contributed by atoms with Crippen LogP contribution in [0.3, 0.4) is 0 Å². The molecule has 0 saturated carbocycles. The Bertz CT molecular complexity index is 947. The van der Waals surface area contributed by atoms with E-state index in [2.05, 4.69) is 29.8 Å². The third kappa shape index (κ3) is 10.2. The van der Waals surface area contributed by atoms with Gasteiger partial charge in [-0.05, 0) is 42.9 Å². The number of rotatable bonds is 12. The molecule has 0 fully saturated rings. The highest BCUT2D eigenvalue weighted by Gasteiger charge is 2.19. The lowest BCUT2D eigenvalue weighted by Crippen LogP contribution is -2.48. The predicted molar refractivity (Wildman–Crippen MR) is 135 cm³/mol. The van der Waals surface area contributed by atoms with E-state index in [1.807, 2.05) is 61.5 Å². The molecule has 2 aromatic rings. The van der Waals surface area contributed by atoms with Crippen molar-refractivity contribution in [3.05, 3.63) is 71.3 Å². The normalized spacial score (nSPS) is 13.4. The van der Waals surface area contributed by atoms with Crippen LogP contribution in [-0.4, -0.2) is 48.2 Å². The van der Waals surface area contributed by atoms with Gasteiger partial charge in [-0.15, -0.1) is 0 Å². The van der Waals surface area contributed by atoms with Crippen molar-refractivity contribution in [2.75, 3.05) is 13.1 Å². The number of aliphatic hydroxyl groups is 1. The largest absolute Gasteiger partial charge is 0.445 e. The molecule has 2 aromatic carbocycles. The fourth-order valence-electron chi connectivity index (χ4n) is 3.39. The summed E-state index contributed by atoms with van der Waals surface area (Å²) in [6.07, 6.45) is -0.696. The third-order valence-electron chi connectivity index (χ3n) is 5.48. The summed E-state index contributed by atoms with van der Waals surface area (Å²) in [6, 6.07) is 16.3. The number of carbonyl (C=O) groups is 3. The van der Waals surface area contributed by atoms with Gasteiger partial charge in [0.25, 0.3) is 0 Å². The van der Waals surface area contributed by atoms with Gasteiger partial charge in [0.1, 0.15) is 12.6 Å². The number of hydrogen-bond donors (Lipinski definition) is 4. The van der Waals surface area contributed by atoms with E-state index in [4.69, 9.17) is 4.74 Å². The van der Waals surface area contributed by atoms with Crippen LogP contribution in [0.4, 0.5) is 4.79 Å². The first kappa shape index (κ1) is 27.9. The van der Waals surface area contributed by atoms with Crippen molar-refractivity contribution in [2.24, 2.45) is 5.92 Å². The number of benzene rings is 2. The van der Waals surface area contributed by atoms with Gasteiger partial charge in [0.2, 0.25) is 11.8 Å². The van der Waals surface area contributed by atoms with Crippen LogP contribution in [0.5, 0.6) is 0 Å². The van der Waals surface area contributed by atoms with Crippen molar-refractivity contribution in [3.8, 4) is 0 Å². The first-order valence-corrected chi connectivity index (χ1v) is 11.9. The average molecular weight is 484 g/mol. The molecule has 8 heteroatoms. The van der Waals surface area contributed by atoms with Crippen LogP contribution in [0, 0.1) is 5.92 Å². The lowest BCUT2D eigenvalue weighted by molar-refractivity contribution is -0.123.